The third kappa shape index (κ3) is 3.41. The molecule has 2 nitrogen and oxygen atoms in total. The van der Waals surface area contributed by atoms with Crippen LogP contribution in [0.15, 0.2) is 15.9 Å². The molecule has 0 aromatic carbocycles. The van der Waals surface area contributed by atoms with E-state index < -0.39 is 0 Å². The predicted octanol–water partition coefficient (Wildman–Crippen LogP) is 3.25. The quantitative estimate of drug-likeness (QED) is 0.823. The van der Waals surface area contributed by atoms with E-state index in [0.29, 0.717) is 6.42 Å². The lowest BCUT2D eigenvalue weighted by molar-refractivity contribution is 0.289. The molecule has 0 aliphatic heterocycles. The minimum Gasteiger partial charge on any atom is -0.297 e. The van der Waals surface area contributed by atoms with Gasteiger partial charge in [-0.25, -0.2) is 0 Å². The number of hydrogen-bond donors (Lipinski definition) is 0. The smallest absolute Gasteiger partial charge is 0.0635 e. The molecule has 0 atom stereocenters. The summed E-state index contributed by atoms with van der Waals surface area (Å²) in [5.41, 5.74) is 0. The Bertz CT molecular complexity index is 316. The van der Waals surface area contributed by atoms with E-state index in [1.54, 1.807) is 11.3 Å². The Labute approximate surface area is 97.3 Å². The molecule has 14 heavy (non-hydrogen) atoms. The lowest BCUT2D eigenvalue weighted by Gasteiger charge is -2.17. The van der Waals surface area contributed by atoms with Crippen molar-refractivity contribution in [2.24, 2.45) is 0 Å². The standard InChI is InChI=1S/C10H13BrN2S/c1-2-13(6-3-5-12)8-10-9(11)4-7-14-10/h4,7H,2-3,6,8H2,1H3. The normalized spacial score (nSPS) is 10.4. The Balaban J connectivity index is 2.49. The van der Waals surface area contributed by atoms with Crippen LogP contribution in [0.1, 0.15) is 18.2 Å². The van der Waals surface area contributed by atoms with Gasteiger partial charge < -0.3 is 0 Å². The van der Waals surface area contributed by atoms with Crippen molar-refractivity contribution < 1.29 is 0 Å². The third-order valence-electron chi connectivity index (χ3n) is 2.05. The molecule has 0 aliphatic carbocycles. The highest BCUT2D eigenvalue weighted by molar-refractivity contribution is 9.10. The van der Waals surface area contributed by atoms with Crippen LogP contribution in [-0.4, -0.2) is 18.0 Å². The zero-order valence-corrected chi connectivity index (χ0v) is 10.6. The Kier molecular flexibility index (Phi) is 5.16. The van der Waals surface area contributed by atoms with Gasteiger partial charge in [-0.15, -0.1) is 11.3 Å². The van der Waals surface area contributed by atoms with E-state index in [2.05, 4.69) is 45.3 Å². The van der Waals surface area contributed by atoms with Crippen LogP contribution in [-0.2, 0) is 6.54 Å². The lowest BCUT2D eigenvalue weighted by atomic mass is 10.3. The summed E-state index contributed by atoms with van der Waals surface area (Å²) in [6, 6.07) is 4.24. The lowest BCUT2D eigenvalue weighted by Crippen LogP contribution is -2.23. The maximum Gasteiger partial charge on any atom is 0.0635 e. The van der Waals surface area contributed by atoms with Gasteiger partial charge in [0.2, 0.25) is 0 Å². The molecule has 1 aromatic heterocycles. The number of hydrogen-bond acceptors (Lipinski definition) is 3. The number of thiophene rings is 1. The molecule has 0 spiro atoms. The van der Waals surface area contributed by atoms with Crippen LogP contribution in [0.3, 0.4) is 0 Å². The van der Waals surface area contributed by atoms with Gasteiger partial charge in [0.1, 0.15) is 0 Å². The second kappa shape index (κ2) is 6.18. The predicted molar refractivity (Wildman–Crippen MR) is 63.2 cm³/mol. The van der Waals surface area contributed by atoms with E-state index in [1.165, 1.54) is 9.35 Å². The molecule has 0 fully saturated rings. The topological polar surface area (TPSA) is 27.0 Å². The average molecular weight is 273 g/mol. The number of halogens is 1. The molecule has 0 bridgehead atoms. The van der Waals surface area contributed by atoms with Crippen molar-refractivity contribution in [3.8, 4) is 6.07 Å². The summed E-state index contributed by atoms with van der Waals surface area (Å²) in [4.78, 5) is 3.62. The fourth-order valence-electron chi connectivity index (χ4n) is 1.20. The fourth-order valence-corrected chi connectivity index (χ4v) is 2.72. The highest BCUT2D eigenvalue weighted by Gasteiger charge is 2.06. The van der Waals surface area contributed by atoms with E-state index in [9.17, 15) is 0 Å². The molecule has 0 aliphatic rings. The molecular formula is C10H13BrN2S. The van der Waals surface area contributed by atoms with Crippen LogP contribution in [0, 0.1) is 11.3 Å². The van der Waals surface area contributed by atoms with E-state index in [4.69, 9.17) is 5.26 Å². The Hall–Kier alpha value is -0.370. The summed E-state index contributed by atoms with van der Waals surface area (Å²) in [6.07, 6.45) is 0.608. The van der Waals surface area contributed by atoms with E-state index in [-0.39, 0.29) is 0 Å². The number of rotatable bonds is 5. The molecule has 0 N–H and O–H groups in total. The monoisotopic (exact) mass is 272 g/mol. The Morgan fingerprint density at radius 1 is 1.64 bits per heavy atom. The molecular weight excluding hydrogens is 260 g/mol. The second-order valence-corrected chi connectivity index (χ2v) is 4.82. The molecule has 0 radical (unpaired) electrons. The first-order chi connectivity index (χ1) is 6.77. The van der Waals surface area contributed by atoms with Crippen LogP contribution in [0.4, 0.5) is 0 Å². The van der Waals surface area contributed by atoms with Gasteiger partial charge in [-0.2, -0.15) is 5.26 Å². The molecule has 0 saturated heterocycles. The first-order valence-corrected chi connectivity index (χ1v) is 6.26. The number of nitriles is 1. The zero-order valence-electron chi connectivity index (χ0n) is 8.16. The molecule has 0 unspecified atom stereocenters. The molecule has 0 saturated carbocycles. The van der Waals surface area contributed by atoms with Crippen molar-refractivity contribution >= 4 is 27.3 Å². The van der Waals surface area contributed by atoms with E-state index in [1.807, 2.05) is 0 Å². The van der Waals surface area contributed by atoms with Crippen molar-refractivity contribution in [2.45, 2.75) is 19.9 Å². The van der Waals surface area contributed by atoms with Gasteiger partial charge >= 0.3 is 0 Å². The average Bonchev–Trinajstić information content (AvgIpc) is 2.59. The van der Waals surface area contributed by atoms with Crippen molar-refractivity contribution in [3.05, 3.63) is 20.8 Å². The summed E-state index contributed by atoms with van der Waals surface area (Å²) >= 11 is 5.27. The maximum atomic E-state index is 8.51. The van der Waals surface area contributed by atoms with Crippen molar-refractivity contribution in [2.75, 3.05) is 13.1 Å². The largest absolute Gasteiger partial charge is 0.297 e. The van der Waals surface area contributed by atoms with Gasteiger partial charge in [-0.3, -0.25) is 4.90 Å². The van der Waals surface area contributed by atoms with E-state index in [0.717, 1.165) is 19.6 Å². The van der Waals surface area contributed by atoms with Crippen LogP contribution >= 0.6 is 27.3 Å². The summed E-state index contributed by atoms with van der Waals surface area (Å²) in [7, 11) is 0. The first-order valence-electron chi connectivity index (χ1n) is 4.59. The van der Waals surface area contributed by atoms with Crippen LogP contribution < -0.4 is 0 Å². The van der Waals surface area contributed by atoms with Gasteiger partial charge in [0.15, 0.2) is 0 Å². The third-order valence-corrected chi connectivity index (χ3v) is 3.96. The molecule has 1 rings (SSSR count). The van der Waals surface area contributed by atoms with Gasteiger partial charge in [0.25, 0.3) is 0 Å². The zero-order chi connectivity index (χ0) is 10.4. The van der Waals surface area contributed by atoms with Crippen LogP contribution in [0.2, 0.25) is 0 Å². The first kappa shape index (κ1) is 11.7. The minimum absolute atomic E-state index is 0.608. The molecule has 0 amide bonds. The van der Waals surface area contributed by atoms with Gasteiger partial charge in [-0.1, -0.05) is 6.92 Å². The van der Waals surface area contributed by atoms with Crippen molar-refractivity contribution in [1.29, 1.82) is 5.26 Å². The summed E-state index contributed by atoms with van der Waals surface area (Å²) in [5, 5.41) is 10.6. The molecule has 1 aromatic rings. The number of nitrogens with zero attached hydrogens (tertiary/aromatic N) is 2. The summed E-state index contributed by atoms with van der Waals surface area (Å²) < 4.78 is 1.18. The minimum atomic E-state index is 0.608. The fraction of sp³-hybridized carbons (Fsp3) is 0.500. The van der Waals surface area contributed by atoms with E-state index >= 15 is 0 Å². The molecule has 1 heterocycles. The van der Waals surface area contributed by atoms with Gasteiger partial charge in [0, 0.05) is 28.9 Å². The van der Waals surface area contributed by atoms with Crippen LogP contribution in [0.5, 0.6) is 0 Å². The van der Waals surface area contributed by atoms with Crippen molar-refractivity contribution in [1.82, 2.24) is 4.90 Å². The highest BCUT2D eigenvalue weighted by Crippen LogP contribution is 2.24. The summed E-state index contributed by atoms with van der Waals surface area (Å²) in [5.74, 6) is 0. The van der Waals surface area contributed by atoms with Gasteiger partial charge in [0.05, 0.1) is 6.07 Å². The molecule has 76 valence electrons. The van der Waals surface area contributed by atoms with Crippen molar-refractivity contribution in [3.63, 3.8) is 0 Å². The Morgan fingerprint density at radius 2 is 2.43 bits per heavy atom. The summed E-state index contributed by atoms with van der Waals surface area (Å²) in [6.45, 7) is 4.92. The SMILES string of the molecule is CCN(CCC#N)Cc1sccc1Br. The van der Waals surface area contributed by atoms with Crippen LogP contribution in [0.25, 0.3) is 0 Å². The Morgan fingerprint density at radius 3 is 2.93 bits per heavy atom. The molecule has 4 heteroatoms. The van der Waals surface area contributed by atoms with Gasteiger partial charge in [-0.05, 0) is 33.9 Å². The maximum absolute atomic E-state index is 8.51. The highest BCUT2D eigenvalue weighted by atomic mass is 79.9. The second-order valence-electron chi connectivity index (χ2n) is 2.97.